The average Bonchev–Trinajstić information content (AvgIpc) is 2.73. The van der Waals surface area contributed by atoms with E-state index in [0.717, 1.165) is 33.1 Å². The number of benzene rings is 3. The molecule has 1 atom stereocenters. The topological polar surface area (TPSA) is 53.2 Å². The summed E-state index contributed by atoms with van der Waals surface area (Å²) < 4.78 is 0. The van der Waals surface area contributed by atoms with Crippen LogP contribution in [0.3, 0.4) is 0 Å². The van der Waals surface area contributed by atoms with Gasteiger partial charge in [-0.25, -0.2) is 0 Å². The summed E-state index contributed by atoms with van der Waals surface area (Å²) in [4.78, 5) is 13.7. The van der Waals surface area contributed by atoms with Crippen molar-refractivity contribution >= 4 is 52.1 Å². The van der Waals surface area contributed by atoms with Crippen molar-refractivity contribution in [2.45, 2.75) is 37.8 Å². The molecule has 1 amide bonds. The van der Waals surface area contributed by atoms with Gasteiger partial charge in [0.15, 0.2) is 5.11 Å². The monoisotopic (exact) mass is 449 g/mol. The number of carbonyl (C=O) groups is 1. The fourth-order valence-electron chi connectivity index (χ4n) is 2.96. The van der Waals surface area contributed by atoms with Gasteiger partial charge in [0.05, 0.1) is 5.25 Å². The maximum atomic E-state index is 12.7. The van der Waals surface area contributed by atoms with Gasteiger partial charge in [0.25, 0.3) is 0 Å². The molecule has 0 saturated heterocycles. The van der Waals surface area contributed by atoms with E-state index >= 15 is 0 Å². The summed E-state index contributed by atoms with van der Waals surface area (Å²) in [6.45, 7) is 8.02. The van der Waals surface area contributed by atoms with E-state index in [2.05, 4.69) is 16.0 Å². The van der Waals surface area contributed by atoms with Gasteiger partial charge in [0, 0.05) is 22.0 Å². The fourth-order valence-corrected chi connectivity index (χ4v) is 4.12. The van der Waals surface area contributed by atoms with E-state index < -0.39 is 0 Å². The van der Waals surface area contributed by atoms with Crippen molar-refractivity contribution in [3.63, 3.8) is 0 Å². The molecule has 0 radical (unpaired) electrons. The molecule has 3 aromatic rings. The Kier molecular flexibility index (Phi) is 7.71. The van der Waals surface area contributed by atoms with Gasteiger partial charge in [-0.2, -0.15) is 0 Å². The summed E-state index contributed by atoms with van der Waals surface area (Å²) in [5.41, 5.74) is 6.12. The van der Waals surface area contributed by atoms with E-state index in [-0.39, 0.29) is 11.2 Å². The molecular weight excluding hydrogens is 422 g/mol. The average molecular weight is 450 g/mol. The summed E-state index contributed by atoms with van der Waals surface area (Å²) in [5, 5.41) is 9.71. The Morgan fingerprint density at radius 1 is 0.871 bits per heavy atom. The number of amides is 1. The van der Waals surface area contributed by atoms with Crippen LogP contribution in [0.15, 0.2) is 71.6 Å². The fraction of sp³-hybridized carbons (Fsp3) is 0.200. The summed E-state index contributed by atoms with van der Waals surface area (Å²) in [5.74, 6) is -0.0198. The Morgan fingerprint density at radius 3 is 2.29 bits per heavy atom. The van der Waals surface area contributed by atoms with Crippen LogP contribution in [0.25, 0.3) is 0 Å². The highest BCUT2D eigenvalue weighted by Crippen LogP contribution is 2.27. The highest BCUT2D eigenvalue weighted by atomic mass is 32.2. The third-order valence-corrected chi connectivity index (χ3v) is 6.24. The van der Waals surface area contributed by atoms with Gasteiger partial charge in [-0.1, -0.05) is 35.9 Å². The number of thiocarbonyl (C=S) groups is 1. The van der Waals surface area contributed by atoms with Crippen molar-refractivity contribution in [3.8, 4) is 0 Å². The van der Waals surface area contributed by atoms with E-state index in [1.54, 1.807) is 0 Å². The Hall–Kier alpha value is -2.83. The zero-order chi connectivity index (χ0) is 22.4. The maximum absolute atomic E-state index is 12.7. The molecule has 0 heterocycles. The summed E-state index contributed by atoms with van der Waals surface area (Å²) >= 11 is 6.94. The van der Waals surface area contributed by atoms with Crippen molar-refractivity contribution in [2.24, 2.45) is 0 Å². The number of anilines is 3. The Bertz CT molecular complexity index is 1080. The first kappa shape index (κ1) is 22.8. The van der Waals surface area contributed by atoms with Gasteiger partial charge < -0.3 is 16.0 Å². The minimum atomic E-state index is -0.243. The Labute approximate surface area is 193 Å². The first-order valence-electron chi connectivity index (χ1n) is 10.1. The number of carbonyl (C=O) groups excluding carboxylic acids is 1. The molecule has 0 spiro atoms. The van der Waals surface area contributed by atoms with Crippen molar-refractivity contribution < 1.29 is 4.79 Å². The van der Waals surface area contributed by atoms with Crippen molar-refractivity contribution in [1.29, 1.82) is 0 Å². The lowest BCUT2D eigenvalue weighted by Crippen LogP contribution is -2.23. The second-order valence-corrected chi connectivity index (χ2v) is 9.29. The molecule has 6 heteroatoms. The minimum Gasteiger partial charge on any atom is -0.332 e. The lowest BCUT2D eigenvalue weighted by molar-refractivity contribution is -0.115. The first-order valence-corrected chi connectivity index (χ1v) is 11.4. The molecule has 0 saturated carbocycles. The predicted molar refractivity (Wildman–Crippen MR) is 137 cm³/mol. The largest absolute Gasteiger partial charge is 0.332 e. The normalized spacial score (nSPS) is 11.5. The number of aryl methyl sites for hydroxylation is 2. The zero-order valence-electron chi connectivity index (χ0n) is 18.2. The van der Waals surface area contributed by atoms with Crippen LogP contribution in [-0.2, 0) is 4.79 Å². The van der Waals surface area contributed by atoms with E-state index in [1.165, 1.54) is 17.3 Å². The standard InChI is InChI=1S/C25H27N3OS2/c1-16-11-13-20(14-12-16)26-25(30)27-21-8-6-9-22(15-21)31-19(4)24(29)28-23-10-5-7-17(2)18(23)3/h5-15,19H,1-4H3,(H,28,29)(H2,26,27,30). The first-order chi connectivity index (χ1) is 14.8. The van der Waals surface area contributed by atoms with Crippen LogP contribution < -0.4 is 16.0 Å². The SMILES string of the molecule is Cc1ccc(NC(=S)Nc2cccc(SC(C)C(=O)Nc3cccc(C)c3C)c2)cc1. The smallest absolute Gasteiger partial charge is 0.237 e. The van der Waals surface area contributed by atoms with Crippen molar-refractivity contribution in [1.82, 2.24) is 0 Å². The summed E-state index contributed by atoms with van der Waals surface area (Å²) in [7, 11) is 0. The molecule has 0 fully saturated rings. The van der Waals surface area contributed by atoms with Gasteiger partial charge in [-0.15, -0.1) is 11.8 Å². The molecule has 4 nitrogen and oxygen atoms in total. The van der Waals surface area contributed by atoms with Crippen LogP contribution in [-0.4, -0.2) is 16.3 Å². The molecule has 0 aromatic heterocycles. The van der Waals surface area contributed by atoms with Crippen LogP contribution in [0, 0.1) is 20.8 Å². The summed E-state index contributed by atoms with van der Waals surface area (Å²) in [6, 6.07) is 21.9. The molecule has 3 N–H and O–H groups in total. The molecule has 1 unspecified atom stereocenters. The quantitative estimate of drug-likeness (QED) is 0.295. The van der Waals surface area contributed by atoms with Crippen LogP contribution >= 0.6 is 24.0 Å². The third-order valence-electron chi connectivity index (χ3n) is 4.95. The second kappa shape index (κ2) is 10.5. The lowest BCUT2D eigenvalue weighted by atomic mass is 10.1. The van der Waals surface area contributed by atoms with Gasteiger partial charge in [-0.05, 0) is 87.4 Å². The highest BCUT2D eigenvalue weighted by Gasteiger charge is 2.16. The van der Waals surface area contributed by atoms with Gasteiger partial charge in [-0.3, -0.25) is 4.79 Å². The molecule has 3 aromatic carbocycles. The predicted octanol–water partition coefficient (Wildman–Crippen LogP) is 6.54. The van der Waals surface area contributed by atoms with Crippen LogP contribution in [0.4, 0.5) is 17.1 Å². The Morgan fingerprint density at radius 2 is 1.55 bits per heavy atom. The number of hydrogen-bond donors (Lipinski definition) is 3. The molecule has 160 valence electrons. The second-order valence-electron chi connectivity index (χ2n) is 7.47. The molecule has 0 bridgehead atoms. The molecule has 0 aliphatic carbocycles. The molecule has 0 aliphatic heterocycles. The van der Waals surface area contributed by atoms with Crippen molar-refractivity contribution in [3.05, 3.63) is 83.4 Å². The van der Waals surface area contributed by atoms with Gasteiger partial charge in [0.2, 0.25) is 5.91 Å². The minimum absolute atomic E-state index is 0.0198. The van der Waals surface area contributed by atoms with E-state index in [9.17, 15) is 4.79 Å². The highest BCUT2D eigenvalue weighted by molar-refractivity contribution is 8.00. The number of rotatable bonds is 6. The lowest BCUT2D eigenvalue weighted by Gasteiger charge is -2.15. The molecule has 31 heavy (non-hydrogen) atoms. The van der Waals surface area contributed by atoms with E-state index in [0.29, 0.717) is 5.11 Å². The number of thioether (sulfide) groups is 1. The van der Waals surface area contributed by atoms with Gasteiger partial charge >= 0.3 is 0 Å². The van der Waals surface area contributed by atoms with Crippen molar-refractivity contribution in [2.75, 3.05) is 16.0 Å². The van der Waals surface area contributed by atoms with Crippen LogP contribution in [0.5, 0.6) is 0 Å². The third kappa shape index (κ3) is 6.57. The van der Waals surface area contributed by atoms with E-state index in [4.69, 9.17) is 12.2 Å². The van der Waals surface area contributed by atoms with Crippen LogP contribution in [0.2, 0.25) is 0 Å². The number of hydrogen-bond acceptors (Lipinski definition) is 3. The van der Waals surface area contributed by atoms with E-state index in [1.807, 2.05) is 94.4 Å². The number of nitrogens with one attached hydrogen (secondary N) is 3. The maximum Gasteiger partial charge on any atom is 0.237 e. The van der Waals surface area contributed by atoms with Crippen LogP contribution in [0.1, 0.15) is 23.6 Å². The molecule has 0 aliphatic rings. The van der Waals surface area contributed by atoms with Gasteiger partial charge in [0.1, 0.15) is 0 Å². The molecule has 3 rings (SSSR count). The molecular formula is C25H27N3OS2. The zero-order valence-corrected chi connectivity index (χ0v) is 19.8. The summed E-state index contributed by atoms with van der Waals surface area (Å²) in [6.07, 6.45) is 0. The Balaban J connectivity index is 1.59.